The van der Waals surface area contributed by atoms with Crippen molar-refractivity contribution in [3.8, 4) is 5.75 Å². The van der Waals surface area contributed by atoms with Gasteiger partial charge in [0.2, 0.25) is 0 Å². The molecule has 21 heavy (non-hydrogen) atoms. The summed E-state index contributed by atoms with van der Waals surface area (Å²) in [5.41, 5.74) is -0.742. The van der Waals surface area contributed by atoms with Crippen LogP contribution < -0.4 is 4.74 Å². The summed E-state index contributed by atoms with van der Waals surface area (Å²) in [5.74, 6) is 0.312. The van der Waals surface area contributed by atoms with Crippen molar-refractivity contribution in [2.24, 2.45) is 0 Å². The van der Waals surface area contributed by atoms with Gasteiger partial charge in [0.15, 0.2) is 6.61 Å². The number of carbonyl (C=O) groups excluding carboxylic acids is 1. The summed E-state index contributed by atoms with van der Waals surface area (Å²) in [4.78, 5) is 13.5. The zero-order chi connectivity index (χ0) is 15.5. The van der Waals surface area contributed by atoms with Gasteiger partial charge >= 0.3 is 0 Å². The second-order valence-corrected chi connectivity index (χ2v) is 6.36. The van der Waals surface area contributed by atoms with E-state index in [1.54, 1.807) is 25.2 Å². The summed E-state index contributed by atoms with van der Waals surface area (Å²) < 4.78 is 5.41. The Morgan fingerprint density at radius 2 is 2.00 bits per heavy atom. The molecule has 0 heterocycles. The number of rotatable bonds is 5. The van der Waals surface area contributed by atoms with Crippen molar-refractivity contribution >= 4 is 29.1 Å². The first-order chi connectivity index (χ1) is 9.89. The van der Waals surface area contributed by atoms with Crippen LogP contribution in [0.15, 0.2) is 18.2 Å². The van der Waals surface area contributed by atoms with Crippen LogP contribution in [0.2, 0.25) is 10.0 Å². The van der Waals surface area contributed by atoms with Gasteiger partial charge in [-0.05, 0) is 25.0 Å². The number of hydrogen-bond donors (Lipinski definition) is 1. The van der Waals surface area contributed by atoms with Gasteiger partial charge in [-0.2, -0.15) is 0 Å². The lowest BCUT2D eigenvalue weighted by Crippen LogP contribution is -2.43. The maximum absolute atomic E-state index is 12.0. The molecule has 6 heteroatoms. The van der Waals surface area contributed by atoms with Crippen LogP contribution in [0.1, 0.15) is 25.7 Å². The molecule has 1 aliphatic carbocycles. The van der Waals surface area contributed by atoms with Gasteiger partial charge in [0.25, 0.3) is 5.91 Å². The summed E-state index contributed by atoms with van der Waals surface area (Å²) in [6.45, 7) is 0.251. The van der Waals surface area contributed by atoms with E-state index in [9.17, 15) is 9.90 Å². The first-order valence-corrected chi connectivity index (χ1v) is 7.69. The summed E-state index contributed by atoms with van der Waals surface area (Å²) in [7, 11) is 1.68. The topological polar surface area (TPSA) is 49.8 Å². The molecule has 0 saturated heterocycles. The van der Waals surface area contributed by atoms with Crippen LogP contribution in [-0.2, 0) is 4.79 Å². The third-order valence-corrected chi connectivity index (χ3v) is 4.48. The Kier molecular flexibility index (Phi) is 5.36. The molecule has 0 aliphatic heterocycles. The van der Waals surface area contributed by atoms with Crippen molar-refractivity contribution in [3.05, 3.63) is 28.2 Å². The number of halogens is 2. The Bertz CT molecular complexity index is 516. The normalized spacial score (nSPS) is 16.8. The Morgan fingerprint density at radius 1 is 1.33 bits per heavy atom. The number of benzene rings is 1. The van der Waals surface area contributed by atoms with Gasteiger partial charge in [0, 0.05) is 19.7 Å². The predicted molar refractivity (Wildman–Crippen MR) is 83.0 cm³/mol. The minimum Gasteiger partial charge on any atom is -0.484 e. The number of amides is 1. The maximum Gasteiger partial charge on any atom is 0.260 e. The van der Waals surface area contributed by atoms with Crippen LogP contribution in [-0.4, -0.2) is 41.7 Å². The van der Waals surface area contributed by atoms with Gasteiger partial charge in [-0.15, -0.1) is 0 Å². The molecule has 2 rings (SSSR count). The van der Waals surface area contributed by atoms with Crippen molar-refractivity contribution in [1.29, 1.82) is 0 Å². The van der Waals surface area contributed by atoms with Crippen LogP contribution in [0.3, 0.4) is 0 Å². The van der Waals surface area contributed by atoms with Crippen LogP contribution in [0.4, 0.5) is 0 Å². The van der Waals surface area contributed by atoms with Crippen molar-refractivity contribution in [3.63, 3.8) is 0 Å². The molecule has 0 unspecified atom stereocenters. The van der Waals surface area contributed by atoms with Gasteiger partial charge < -0.3 is 14.7 Å². The smallest absolute Gasteiger partial charge is 0.260 e. The Balaban J connectivity index is 1.84. The van der Waals surface area contributed by atoms with E-state index in [-0.39, 0.29) is 12.5 Å². The van der Waals surface area contributed by atoms with Crippen LogP contribution in [0, 0.1) is 0 Å². The van der Waals surface area contributed by atoms with E-state index in [1.807, 2.05) is 0 Å². The third kappa shape index (κ3) is 4.50. The predicted octanol–water partition coefficient (Wildman–Crippen LogP) is 3.14. The lowest BCUT2D eigenvalue weighted by atomic mass is 10.0. The monoisotopic (exact) mass is 331 g/mol. The standard InChI is InChI=1S/C15H19Cl2NO3/c1-18(10-15(20)6-2-3-7-15)14(19)9-21-11-4-5-12(16)13(17)8-11/h4-5,8,20H,2-3,6-7,9-10H2,1H3. The van der Waals surface area contributed by atoms with Crippen LogP contribution in [0.25, 0.3) is 0 Å². The minimum atomic E-state index is -0.742. The Labute approximate surface area is 134 Å². The minimum absolute atomic E-state index is 0.0927. The van der Waals surface area contributed by atoms with Gasteiger partial charge in [0.05, 0.1) is 15.6 Å². The number of ether oxygens (including phenoxy) is 1. The SMILES string of the molecule is CN(CC1(O)CCCC1)C(=O)COc1ccc(Cl)c(Cl)c1. The zero-order valence-corrected chi connectivity index (χ0v) is 13.5. The number of likely N-dealkylation sites (N-methyl/N-ethyl adjacent to an activating group) is 1. The van der Waals surface area contributed by atoms with E-state index >= 15 is 0 Å². The van der Waals surface area contributed by atoms with E-state index < -0.39 is 5.60 Å². The quantitative estimate of drug-likeness (QED) is 0.901. The molecule has 0 radical (unpaired) electrons. The molecule has 0 spiro atoms. The van der Waals surface area contributed by atoms with Crippen LogP contribution >= 0.6 is 23.2 Å². The highest BCUT2D eigenvalue weighted by molar-refractivity contribution is 6.42. The first kappa shape index (κ1) is 16.4. The Hall–Kier alpha value is -0.970. The van der Waals surface area contributed by atoms with Crippen molar-refractivity contribution in [2.75, 3.05) is 20.2 Å². The summed E-state index contributed by atoms with van der Waals surface area (Å²) in [6, 6.07) is 4.85. The third-order valence-electron chi connectivity index (χ3n) is 3.74. The number of hydrogen-bond acceptors (Lipinski definition) is 3. The van der Waals surface area contributed by atoms with E-state index in [2.05, 4.69) is 0 Å². The van der Waals surface area contributed by atoms with Gasteiger partial charge in [-0.25, -0.2) is 0 Å². The van der Waals surface area contributed by atoms with Crippen molar-refractivity contribution in [2.45, 2.75) is 31.3 Å². The molecular weight excluding hydrogens is 313 g/mol. The average molecular weight is 332 g/mol. The molecule has 1 aromatic carbocycles. The zero-order valence-electron chi connectivity index (χ0n) is 11.9. The van der Waals surface area contributed by atoms with Gasteiger partial charge in [-0.3, -0.25) is 4.79 Å². The number of carbonyl (C=O) groups is 1. The molecule has 0 aromatic heterocycles. The number of nitrogens with zero attached hydrogens (tertiary/aromatic N) is 1. The number of aliphatic hydroxyl groups is 1. The molecule has 1 aromatic rings. The van der Waals surface area contributed by atoms with Gasteiger partial charge in [0.1, 0.15) is 5.75 Å². The average Bonchev–Trinajstić information content (AvgIpc) is 2.86. The lowest BCUT2D eigenvalue weighted by molar-refractivity contribution is -0.135. The molecule has 116 valence electrons. The van der Waals surface area contributed by atoms with Crippen molar-refractivity contribution in [1.82, 2.24) is 4.90 Å². The Morgan fingerprint density at radius 3 is 2.62 bits per heavy atom. The first-order valence-electron chi connectivity index (χ1n) is 6.94. The molecular formula is C15H19Cl2NO3. The summed E-state index contributed by atoms with van der Waals surface area (Å²) in [5, 5.41) is 11.1. The fourth-order valence-electron chi connectivity index (χ4n) is 2.54. The highest BCUT2D eigenvalue weighted by Crippen LogP contribution is 2.30. The highest BCUT2D eigenvalue weighted by Gasteiger charge is 2.33. The van der Waals surface area contributed by atoms with Gasteiger partial charge in [-0.1, -0.05) is 36.0 Å². The lowest BCUT2D eigenvalue weighted by Gasteiger charge is -2.28. The maximum atomic E-state index is 12.0. The summed E-state index contributed by atoms with van der Waals surface area (Å²) >= 11 is 11.7. The molecule has 1 fully saturated rings. The summed E-state index contributed by atoms with van der Waals surface area (Å²) in [6.07, 6.45) is 3.52. The van der Waals surface area contributed by atoms with E-state index in [4.69, 9.17) is 27.9 Å². The molecule has 4 nitrogen and oxygen atoms in total. The molecule has 1 N–H and O–H groups in total. The fourth-order valence-corrected chi connectivity index (χ4v) is 2.83. The largest absolute Gasteiger partial charge is 0.484 e. The molecule has 1 amide bonds. The molecule has 0 atom stereocenters. The molecule has 0 bridgehead atoms. The molecule has 1 saturated carbocycles. The van der Waals surface area contributed by atoms with E-state index in [1.165, 1.54) is 4.90 Å². The van der Waals surface area contributed by atoms with Crippen molar-refractivity contribution < 1.29 is 14.6 Å². The highest BCUT2D eigenvalue weighted by atomic mass is 35.5. The van der Waals surface area contributed by atoms with E-state index in [0.717, 1.165) is 25.7 Å². The van der Waals surface area contributed by atoms with Crippen LogP contribution in [0.5, 0.6) is 5.75 Å². The fraction of sp³-hybridized carbons (Fsp3) is 0.533. The second-order valence-electron chi connectivity index (χ2n) is 5.55. The van der Waals surface area contributed by atoms with E-state index in [0.29, 0.717) is 22.3 Å². The molecule has 1 aliphatic rings. The second kappa shape index (κ2) is 6.86.